The molecule has 11 heavy (non-hydrogen) atoms. The van der Waals surface area contributed by atoms with Gasteiger partial charge in [-0.05, 0) is 18.6 Å². The zero-order valence-corrected chi connectivity index (χ0v) is 7.71. The van der Waals surface area contributed by atoms with Crippen molar-refractivity contribution < 1.29 is 0 Å². The van der Waals surface area contributed by atoms with Crippen molar-refractivity contribution in [2.75, 3.05) is 0 Å². The van der Waals surface area contributed by atoms with E-state index >= 15 is 0 Å². The Morgan fingerprint density at radius 1 is 1.36 bits per heavy atom. The summed E-state index contributed by atoms with van der Waals surface area (Å²) in [7, 11) is 0. The highest BCUT2D eigenvalue weighted by Crippen LogP contribution is 2.36. The van der Waals surface area contributed by atoms with Gasteiger partial charge in [-0.15, -0.1) is 0 Å². The van der Waals surface area contributed by atoms with Crippen LogP contribution in [0.4, 0.5) is 0 Å². The largest absolute Gasteiger partial charge is 0.212 e. The third-order valence-corrected chi connectivity index (χ3v) is 3.55. The Morgan fingerprint density at radius 2 is 2.27 bits per heavy atom. The van der Waals surface area contributed by atoms with Gasteiger partial charge in [0.05, 0.1) is 5.55 Å². The fourth-order valence-electron chi connectivity index (χ4n) is 0.988. The van der Waals surface area contributed by atoms with E-state index in [0.29, 0.717) is 0 Å². The minimum absolute atomic E-state index is 1.31. The van der Waals surface area contributed by atoms with Crippen LogP contribution in [0.3, 0.4) is 0 Å². The molecule has 56 valence electrons. The number of benzene rings is 1. The Balaban J connectivity index is 2.54. The van der Waals surface area contributed by atoms with Crippen LogP contribution in [0, 0.1) is 6.92 Å². The second kappa shape index (κ2) is 2.91. The molecule has 1 nitrogen and oxygen atoms in total. The number of fused-ring (bicyclic) bond motifs is 1. The summed E-state index contributed by atoms with van der Waals surface area (Å²) in [5.41, 5.74) is 3.20. The van der Waals surface area contributed by atoms with Gasteiger partial charge >= 0.3 is 0 Å². The minimum Gasteiger partial charge on any atom is -0.212 e. The third kappa shape index (κ3) is 1.30. The van der Waals surface area contributed by atoms with E-state index in [0.717, 1.165) is 0 Å². The maximum absolute atomic E-state index is 4.13. The highest BCUT2D eigenvalue weighted by atomic mass is 32.2. The molecule has 1 aromatic rings. The van der Waals surface area contributed by atoms with Gasteiger partial charge in [0.2, 0.25) is 0 Å². The number of rotatable bonds is 0. The highest BCUT2D eigenvalue weighted by molar-refractivity contribution is 8.14. The van der Waals surface area contributed by atoms with Crippen LogP contribution in [0.5, 0.6) is 0 Å². The summed E-state index contributed by atoms with van der Waals surface area (Å²) in [5.74, 6) is 0. The molecule has 0 radical (unpaired) electrons. The molecule has 0 saturated heterocycles. The van der Waals surface area contributed by atoms with Crippen LogP contribution in [0.1, 0.15) is 5.56 Å². The normalized spacial score (nSPS) is 14.6. The Hall–Kier alpha value is -0.410. The summed E-state index contributed by atoms with van der Waals surface area (Å²) in [5, 5.41) is 0. The van der Waals surface area contributed by atoms with Crippen molar-refractivity contribution in [1.82, 2.24) is 0 Å². The molecule has 1 aromatic carbocycles. The Bertz CT molecular complexity index is 307. The molecule has 0 bridgehead atoms. The molecule has 0 unspecified atom stereocenters. The molecule has 0 spiro atoms. The number of hydrogen-bond acceptors (Lipinski definition) is 3. The van der Waals surface area contributed by atoms with Crippen LogP contribution in [0.15, 0.2) is 32.4 Å². The van der Waals surface area contributed by atoms with Crippen molar-refractivity contribution in [3.05, 3.63) is 23.8 Å². The molecular formula is C8H7NS2. The molecule has 0 aromatic heterocycles. The summed E-state index contributed by atoms with van der Waals surface area (Å²) >= 11 is 3.25. The average Bonchev–Trinajstić information content (AvgIpc) is 2.06. The first kappa shape index (κ1) is 7.25. The number of thioether (sulfide) groups is 1. The SMILES string of the molecule is Cc1cccc2c1SN=CS2. The van der Waals surface area contributed by atoms with Gasteiger partial charge in [0, 0.05) is 21.7 Å². The van der Waals surface area contributed by atoms with Gasteiger partial charge in [0.1, 0.15) is 0 Å². The average molecular weight is 181 g/mol. The van der Waals surface area contributed by atoms with Crippen LogP contribution in [0.2, 0.25) is 0 Å². The van der Waals surface area contributed by atoms with E-state index in [9.17, 15) is 0 Å². The second-order valence-electron chi connectivity index (χ2n) is 2.32. The van der Waals surface area contributed by atoms with Crippen molar-refractivity contribution in [3.8, 4) is 0 Å². The summed E-state index contributed by atoms with van der Waals surface area (Å²) in [6.45, 7) is 2.12. The lowest BCUT2D eigenvalue weighted by Gasteiger charge is -2.09. The van der Waals surface area contributed by atoms with Gasteiger partial charge in [-0.2, -0.15) is 0 Å². The van der Waals surface area contributed by atoms with Crippen LogP contribution >= 0.6 is 23.7 Å². The van der Waals surface area contributed by atoms with E-state index in [2.05, 4.69) is 29.5 Å². The molecule has 2 rings (SSSR count). The van der Waals surface area contributed by atoms with E-state index in [1.807, 2.05) is 5.55 Å². The topological polar surface area (TPSA) is 12.4 Å². The Labute approximate surface area is 74.4 Å². The van der Waals surface area contributed by atoms with Gasteiger partial charge in [-0.3, -0.25) is 0 Å². The molecule has 1 aliphatic heterocycles. The predicted octanol–water partition coefficient (Wildman–Crippen LogP) is 3.14. The zero-order chi connectivity index (χ0) is 7.68. The molecule has 0 amide bonds. The molecule has 0 saturated carbocycles. The summed E-state index contributed by atoms with van der Waals surface area (Å²) in [4.78, 5) is 2.63. The molecule has 0 atom stereocenters. The molecule has 0 fully saturated rings. The van der Waals surface area contributed by atoms with E-state index in [-0.39, 0.29) is 0 Å². The predicted molar refractivity (Wildman–Crippen MR) is 51.4 cm³/mol. The maximum Gasteiger partial charge on any atom is 0.0732 e. The second-order valence-corrected chi connectivity index (χ2v) is 4.01. The smallest absolute Gasteiger partial charge is 0.0732 e. The Kier molecular flexibility index (Phi) is 1.92. The third-order valence-electron chi connectivity index (χ3n) is 1.54. The van der Waals surface area contributed by atoms with Crippen LogP contribution in [-0.2, 0) is 0 Å². The minimum atomic E-state index is 1.31. The lowest BCUT2D eigenvalue weighted by Crippen LogP contribution is -1.85. The molecule has 1 aliphatic rings. The van der Waals surface area contributed by atoms with E-state index < -0.39 is 0 Å². The molecule has 0 aliphatic carbocycles. The summed E-state index contributed by atoms with van der Waals surface area (Å²) < 4.78 is 4.13. The van der Waals surface area contributed by atoms with Gasteiger partial charge in [-0.1, -0.05) is 23.9 Å². The standard InChI is InChI=1S/C8H7NS2/c1-6-3-2-4-7-8(6)11-9-5-10-7/h2-5H,1H3. The van der Waals surface area contributed by atoms with Crippen molar-refractivity contribution >= 4 is 29.3 Å². The fourth-order valence-corrected chi connectivity index (χ4v) is 2.60. The highest BCUT2D eigenvalue weighted by Gasteiger charge is 2.08. The van der Waals surface area contributed by atoms with Crippen LogP contribution < -0.4 is 0 Å². The lowest BCUT2D eigenvalue weighted by atomic mass is 10.2. The summed E-state index contributed by atoms with van der Waals surface area (Å²) in [6, 6.07) is 6.33. The molecule has 3 heteroatoms. The molecular weight excluding hydrogens is 174 g/mol. The first-order valence-corrected chi connectivity index (χ1v) is 4.98. The van der Waals surface area contributed by atoms with E-state index in [4.69, 9.17) is 0 Å². The van der Waals surface area contributed by atoms with E-state index in [1.54, 1.807) is 23.7 Å². The van der Waals surface area contributed by atoms with Crippen molar-refractivity contribution in [2.45, 2.75) is 16.7 Å². The van der Waals surface area contributed by atoms with Gasteiger partial charge in [-0.25, -0.2) is 4.40 Å². The van der Waals surface area contributed by atoms with Crippen molar-refractivity contribution in [2.24, 2.45) is 4.40 Å². The number of aryl methyl sites for hydroxylation is 1. The first-order chi connectivity index (χ1) is 5.38. The van der Waals surface area contributed by atoms with Crippen molar-refractivity contribution in [3.63, 3.8) is 0 Å². The monoisotopic (exact) mass is 181 g/mol. The van der Waals surface area contributed by atoms with Gasteiger partial charge in [0.15, 0.2) is 0 Å². The quantitative estimate of drug-likeness (QED) is 0.570. The lowest BCUT2D eigenvalue weighted by molar-refractivity contribution is 1.17. The van der Waals surface area contributed by atoms with Gasteiger partial charge in [0.25, 0.3) is 0 Å². The van der Waals surface area contributed by atoms with Crippen LogP contribution in [-0.4, -0.2) is 5.55 Å². The van der Waals surface area contributed by atoms with Gasteiger partial charge < -0.3 is 0 Å². The van der Waals surface area contributed by atoms with E-state index in [1.165, 1.54) is 15.4 Å². The van der Waals surface area contributed by atoms with Crippen LogP contribution in [0.25, 0.3) is 0 Å². The summed E-state index contributed by atoms with van der Waals surface area (Å²) in [6.07, 6.45) is 0. The molecule has 0 N–H and O–H groups in total. The number of nitrogens with zero attached hydrogens (tertiary/aromatic N) is 1. The van der Waals surface area contributed by atoms with Crippen molar-refractivity contribution in [1.29, 1.82) is 0 Å². The maximum atomic E-state index is 4.13. The first-order valence-electron chi connectivity index (χ1n) is 3.33. The molecule has 1 heterocycles. The number of hydrogen-bond donors (Lipinski definition) is 0. The Morgan fingerprint density at radius 3 is 3.09 bits per heavy atom. The zero-order valence-electron chi connectivity index (χ0n) is 6.07. The fraction of sp³-hybridized carbons (Fsp3) is 0.125.